The van der Waals surface area contributed by atoms with Crippen molar-refractivity contribution < 1.29 is 0 Å². The Morgan fingerprint density at radius 2 is 2.11 bits per heavy atom. The molecule has 1 aliphatic carbocycles. The van der Waals surface area contributed by atoms with E-state index in [1.807, 2.05) is 0 Å². The van der Waals surface area contributed by atoms with Gasteiger partial charge in [-0.25, -0.2) is 0 Å². The van der Waals surface area contributed by atoms with Crippen molar-refractivity contribution in [3.63, 3.8) is 0 Å². The molecule has 2 nitrogen and oxygen atoms in total. The van der Waals surface area contributed by atoms with E-state index in [0.717, 1.165) is 23.3 Å². The molecule has 0 aromatic rings. The summed E-state index contributed by atoms with van der Waals surface area (Å²) in [6.07, 6.45) is 9.21. The largest absolute Gasteiger partial charge is 0.311 e. The molecule has 19 heavy (non-hydrogen) atoms. The maximum absolute atomic E-state index is 3.79. The van der Waals surface area contributed by atoms with Gasteiger partial charge < -0.3 is 5.32 Å². The number of hydrogen-bond donors (Lipinski definition) is 1. The number of rotatable bonds is 5. The van der Waals surface area contributed by atoms with Crippen LogP contribution in [0.1, 0.15) is 52.9 Å². The van der Waals surface area contributed by atoms with Crippen LogP contribution in [0.25, 0.3) is 0 Å². The van der Waals surface area contributed by atoms with E-state index in [4.69, 9.17) is 0 Å². The topological polar surface area (TPSA) is 15.3 Å². The summed E-state index contributed by atoms with van der Waals surface area (Å²) in [5, 5.41) is 4.67. The molecule has 1 N–H and O–H groups in total. The summed E-state index contributed by atoms with van der Waals surface area (Å²) in [4.78, 5) is 2.87. The first-order valence-electron chi connectivity index (χ1n) is 8.17. The molecule has 0 amide bonds. The van der Waals surface area contributed by atoms with E-state index < -0.39 is 0 Å². The van der Waals surface area contributed by atoms with Crippen molar-refractivity contribution in [2.75, 3.05) is 19.3 Å². The molecule has 112 valence electrons. The van der Waals surface area contributed by atoms with E-state index in [1.54, 1.807) is 0 Å². The summed E-state index contributed by atoms with van der Waals surface area (Å²) < 4.78 is 0. The Hall–Kier alpha value is 0.270. The van der Waals surface area contributed by atoms with Crippen molar-refractivity contribution in [1.82, 2.24) is 10.2 Å². The minimum Gasteiger partial charge on any atom is -0.311 e. The summed E-state index contributed by atoms with van der Waals surface area (Å²) in [7, 11) is 0. The smallest absolute Gasteiger partial charge is 0.0222 e. The van der Waals surface area contributed by atoms with Gasteiger partial charge in [-0.1, -0.05) is 27.2 Å². The molecular weight excluding hydrogens is 252 g/mol. The van der Waals surface area contributed by atoms with Crippen LogP contribution < -0.4 is 5.32 Å². The van der Waals surface area contributed by atoms with E-state index in [9.17, 15) is 0 Å². The SMILES string of the molecule is CCC1CNC(CC(C)C)CN1C1CCCC1SC. The Balaban J connectivity index is 2.00. The zero-order valence-corrected chi connectivity index (χ0v) is 14.0. The molecular formula is C16H32N2S. The molecule has 0 aromatic carbocycles. The molecule has 0 spiro atoms. The van der Waals surface area contributed by atoms with E-state index in [0.29, 0.717) is 6.04 Å². The summed E-state index contributed by atoms with van der Waals surface area (Å²) in [6, 6.07) is 2.32. The number of thioether (sulfide) groups is 1. The fourth-order valence-corrected chi connectivity index (χ4v) is 4.97. The average molecular weight is 285 g/mol. The van der Waals surface area contributed by atoms with Crippen molar-refractivity contribution in [2.24, 2.45) is 5.92 Å². The van der Waals surface area contributed by atoms with Gasteiger partial charge in [-0.3, -0.25) is 4.90 Å². The molecule has 1 heterocycles. The monoisotopic (exact) mass is 284 g/mol. The van der Waals surface area contributed by atoms with Gasteiger partial charge in [0, 0.05) is 36.5 Å². The molecule has 4 atom stereocenters. The maximum atomic E-state index is 3.79. The van der Waals surface area contributed by atoms with Crippen LogP contribution >= 0.6 is 11.8 Å². The fraction of sp³-hybridized carbons (Fsp3) is 1.00. The highest BCUT2D eigenvalue weighted by Crippen LogP contribution is 2.34. The highest BCUT2D eigenvalue weighted by Gasteiger charge is 2.37. The normalized spacial score (nSPS) is 37.1. The molecule has 1 saturated carbocycles. The zero-order chi connectivity index (χ0) is 13.8. The lowest BCUT2D eigenvalue weighted by atomic mass is 9.97. The number of nitrogens with one attached hydrogen (secondary N) is 1. The first kappa shape index (κ1) is 15.7. The second kappa shape index (κ2) is 7.33. The van der Waals surface area contributed by atoms with Crippen LogP contribution in [-0.4, -0.2) is 47.6 Å². The minimum atomic E-state index is 0.714. The van der Waals surface area contributed by atoms with Crippen LogP contribution in [0, 0.1) is 5.92 Å². The van der Waals surface area contributed by atoms with E-state index >= 15 is 0 Å². The zero-order valence-electron chi connectivity index (χ0n) is 13.2. The second-order valence-electron chi connectivity index (χ2n) is 6.77. The van der Waals surface area contributed by atoms with Crippen LogP contribution in [0.5, 0.6) is 0 Å². The van der Waals surface area contributed by atoms with E-state index in [2.05, 4.69) is 49.0 Å². The number of piperazine rings is 1. The molecule has 4 unspecified atom stereocenters. The fourth-order valence-electron chi connectivity index (χ4n) is 3.96. The molecule has 1 aliphatic heterocycles. The maximum Gasteiger partial charge on any atom is 0.0222 e. The van der Waals surface area contributed by atoms with Gasteiger partial charge in [-0.2, -0.15) is 11.8 Å². The van der Waals surface area contributed by atoms with Gasteiger partial charge in [-0.05, 0) is 37.9 Å². The first-order chi connectivity index (χ1) is 9.15. The predicted molar refractivity (Wildman–Crippen MR) is 87.0 cm³/mol. The highest BCUT2D eigenvalue weighted by molar-refractivity contribution is 7.99. The van der Waals surface area contributed by atoms with Crippen LogP contribution in [0.15, 0.2) is 0 Å². The quantitative estimate of drug-likeness (QED) is 0.833. The van der Waals surface area contributed by atoms with Crippen molar-refractivity contribution in [2.45, 2.75) is 76.3 Å². The van der Waals surface area contributed by atoms with Crippen molar-refractivity contribution in [1.29, 1.82) is 0 Å². The lowest BCUT2D eigenvalue weighted by molar-refractivity contribution is 0.0776. The lowest BCUT2D eigenvalue weighted by Crippen LogP contribution is -2.60. The molecule has 2 aliphatic rings. The van der Waals surface area contributed by atoms with Crippen molar-refractivity contribution >= 4 is 11.8 Å². The van der Waals surface area contributed by atoms with Crippen LogP contribution in [-0.2, 0) is 0 Å². The van der Waals surface area contributed by atoms with E-state index in [-0.39, 0.29) is 0 Å². The van der Waals surface area contributed by atoms with Crippen molar-refractivity contribution in [3.05, 3.63) is 0 Å². The van der Waals surface area contributed by atoms with Crippen LogP contribution in [0.4, 0.5) is 0 Å². The van der Waals surface area contributed by atoms with Gasteiger partial charge in [0.25, 0.3) is 0 Å². The van der Waals surface area contributed by atoms with Gasteiger partial charge in [-0.15, -0.1) is 0 Å². The van der Waals surface area contributed by atoms with E-state index in [1.165, 1.54) is 45.2 Å². The lowest BCUT2D eigenvalue weighted by Gasteiger charge is -2.45. The number of nitrogens with zero attached hydrogens (tertiary/aromatic N) is 1. The Kier molecular flexibility index (Phi) is 6.04. The Labute approximate surface area is 124 Å². The summed E-state index contributed by atoms with van der Waals surface area (Å²) >= 11 is 2.10. The van der Waals surface area contributed by atoms with Crippen LogP contribution in [0.2, 0.25) is 0 Å². The molecule has 2 fully saturated rings. The summed E-state index contributed by atoms with van der Waals surface area (Å²) in [6.45, 7) is 9.52. The molecule has 0 radical (unpaired) electrons. The van der Waals surface area contributed by atoms with Gasteiger partial charge >= 0.3 is 0 Å². The van der Waals surface area contributed by atoms with Crippen LogP contribution in [0.3, 0.4) is 0 Å². The Bertz CT molecular complexity index is 269. The predicted octanol–water partition coefficient (Wildman–Crippen LogP) is 3.37. The van der Waals surface area contributed by atoms with Gasteiger partial charge in [0.05, 0.1) is 0 Å². The molecule has 3 heteroatoms. The van der Waals surface area contributed by atoms with Gasteiger partial charge in [0.1, 0.15) is 0 Å². The summed E-state index contributed by atoms with van der Waals surface area (Å²) in [5.74, 6) is 0.803. The Morgan fingerprint density at radius 3 is 2.74 bits per heavy atom. The first-order valence-corrected chi connectivity index (χ1v) is 9.46. The third-order valence-corrected chi connectivity index (χ3v) is 6.07. The standard InChI is InChI=1S/C16H32N2S/c1-5-14-10-17-13(9-12(2)3)11-18(14)15-7-6-8-16(15)19-4/h12-17H,5-11H2,1-4H3. The highest BCUT2D eigenvalue weighted by atomic mass is 32.2. The average Bonchev–Trinajstić information content (AvgIpc) is 2.86. The number of hydrogen-bond acceptors (Lipinski definition) is 3. The van der Waals surface area contributed by atoms with Crippen molar-refractivity contribution in [3.8, 4) is 0 Å². The third kappa shape index (κ3) is 3.89. The third-order valence-electron chi connectivity index (χ3n) is 4.92. The van der Waals surface area contributed by atoms with Gasteiger partial charge in [0.2, 0.25) is 0 Å². The van der Waals surface area contributed by atoms with Gasteiger partial charge in [0.15, 0.2) is 0 Å². The second-order valence-corrected chi connectivity index (χ2v) is 7.84. The summed E-state index contributed by atoms with van der Waals surface area (Å²) in [5.41, 5.74) is 0. The molecule has 1 saturated heterocycles. The minimum absolute atomic E-state index is 0.714. The Morgan fingerprint density at radius 1 is 1.32 bits per heavy atom. The molecule has 2 rings (SSSR count). The molecule has 0 bridgehead atoms. The molecule has 0 aromatic heterocycles.